The highest BCUT2D eigenvalue weighted by atomic mass is 16.8. The molecule has 4 aromatic rings. The summed E-state index contributed by atoms with van der Waals surface area (Å²) in [6, 6.07) is 24.5. The van der Waals surface area contributed by atoms with Gasteiger partial charge < -0.3 is 18.9 Å². The molecular weight excluding hydrogens is 444 g/mol. The van der Waals surface area contributed by atoms with E-state index in [2.05, 4.69) is 21.8 Å². The summed E-state index contributed by atoms with van der Waals surface area (Å²) >= 11 is 0. The van der Waals surface area contributed by atoms with E-state index in [0.717, 1.165) is 0 Å². The number of terminal acetylenes is 2. The average molecular weight is 464 g/mol. The normalized spacial score (nSPS) is 11.8. The topological polar surface area (TPSA) is 71.9 Å². The highest BCUT2D eigenvalue weighted by Gasteiger charge is 2.17. The summed E-state index contributed by atoms with van der Waals surface area (Å²) in [5.41, 5.74) is 0. The first-order valence-corrected chi connectivity index (χ1v) is 10.5. The smallest absolute Gasteiger partial charge is 0.268 e. The molecule has 0 N–H and O–H groups in total. The van der Waals surface area contributed by atoms with Crippen LogP contribution < -0.4 is 18.9 Å². The first-order chi connectivity index (χ1) is 17.2. The number of benzene rings is 2. The van der Waals surface area contributed by atoms with Crippen LogP contribution in [0.1, 0.15) is 0 Å². The molecule has 2 aromatic carbocycles. The molecule has 7 heteroatoms. The molecule has 2 unspecified atom stereocenters. The van der Waals surface area contributed by atoms with E-state index in [-0.39, 0.29) is 0 Å². The van der Waals surface area contributed by atoms with Crippen LogP contribution in [0.5, 0.6) is 34.8 Å². The van der Waals surface area contributed by atoms with Crippen molar-refractivity contribution in [2.75, 3.05) is 0 Å². The van der Waals surface area contributed by atoms with Crippen LogP contribution >= 0.6 is 0 Å². The molecule has 0 saturated heterocycles. The number of ether oxygens (including phenoxy) is 5. The molecule has 0 aliphatic rings. The van der Waals surface area contributed by atoms with Crippen molar-refractivity contribution in [3.05, 3.63) is 97.3 Å². The Morgan fingerprint density at radius 3 is 1.43 bits per heavy atom. The molecule has 2 aromatic heterocycles. The Labute approximate surface area is 203 Å². The second-order valence-corrected chi connectivity index (χ2v) is 6.86. The van der Waals surface area contributed by atoms with Crippen LogP contribution in [0.3, 0.4) is 0 Å². The van der Waals surface area contributed by atoms with E-state index < -0.39 is 12.6 Å². The lowest BCUT2D eigenvalue weighted by molar-refractivity contribution is -0.131. The summed E-state index contributed by atoms with van der Waals surface area (Å²) in [5.74, 6) is 7.59. The first kappa shape index (κ1) is 23.2. The number of hydrogen-bond acceptors (Lipinski definition) is 7. The average Bonchev–Trinajstić information content (AvgIpc) is 2.89. The van der Waals surface area contributed by atoms with Crippen LogP contribution in [0.15, 0.2) is 97.3 Å². The summed E-state index contributed by atoms with van der Waals surface area (Å²) < 4.78 is 28.6. The lowest BCUT2D eigenvalue weighted by Gasteiger charge is -2.20. The minimum absolute atomic E-state index is 0.419. The molecule has 172 valence electrons. The van der Waals surface area contributed by atoms with Crippen molar-refractivity contribution < 1.29 is 23.7 Å². The Hall–Kier alpha value is -4.98. The molecule has 0 amide bonds. The summed E-state index contributed by atoms with van der Waals surface area (Å²) in [4.78, 5) is 8.26. The highest BCUT2D eigenvalue weighted by molar-refractivity contribution is 5.36. The van der Waals surface area contributed by atoms with Crippen molar-refractivity contribution in [2.45, 2.75) is 12.6 Å². The summed E-state index contributed by atoms with van der Waals surface area (Å²) in [6.07, 6.45) is 12.2. The number of hydrogen-bond donors (Lipinski definition) is 0. The van der Waals surface area contributed by atoms with Gasteiger partial charge in [-0.2, -0.15) is 0 Å². The predicted molar refractivity (Wildman–Crippen MR) is 129 cm³/mol. The Morgan fingerprint density at radius 1 is 0.571 bits per heavy atom. The third-order valence-electron chi connectivity index (χ3n) is 4.34. The molecule has 4 rings (SSSR count). The van der Waals surface area contributed by atoms with Crippen molar-refractivity contribution in [3.63, 3.8) is 0 Å². The van der Waals surface area contributed by atoms with Gasteiger partial charge in [0, 0.05) is 36.7 Å². The van der Waals surface area contributed by atoms with Crippen molar-refractivity contribution in [2.24, 2.45) is 0 Å². The Balaban J connectivity index is 1.37. The van der Waals surface area contributed by atoms with Crippen molar-refractivity contribution in [1.82, 2.24) is 9.97 Å². The lowest BCUT2D eigenvalue weighted by Crippen LogP contribution is -2.28. The molecule has 2 heterocycles. The van der Waals surface area contributed by atoms with Gasteiger partial charge in [0.25, 0.3) is 12.6 Å². The largest absolute Gasteiger partial charge is 0.453 e. The van der Waals surface area contributed by atoms with Crippen molar-refractivity contribution >= 4 is 0 Å². The van der Waals surface area contributed by atoms with Gasteiger partial charge in [0.2, 0.25) is 11.8 Å². The maximum Gasteiger partial charge on any atom is 0.268 e. The lowest BCUT2D eigenvalue weighted by atomic mass is 10.3. The third-order valence-corrected chi connectivity index (χ3v) is 4.34. The van der Waals surface area contributed by atoms with Gasteiger partial charge in [0.05, 0.1) is 0 Å². The van der Waals surface area contributed by atoms with E-state index in [4.69, 9.17) is 36.5 Å². The molecule has 0 aliphatic carbocycles. The van der Waals surface area contributed by atoms with Gasteiger partial charge in [-0.3, -0.25) is 4.74 Å². The van der Waals surface area contributed by atoms with Crippen LogP contribution in [-0.2, 0) is 4.74 Å². The summed E-state index contributed by atoms with van der Waals surface area (Å²) in [5, 5.41) is 0. The maximum atomic E-state index is 5.75. The molecule has 0 fully saturated rings. The zero-order chi connectivity index (χ0) is 24.3. The molecule has 0 bridgehead atoms. The quantitative estimate of drug-likeness (QED) is 0.228. The second-order valence-electron chi connectivity index (χ2n) is 6.86. The minimum atomic E-state index is -1.12. The highest BCUT2D eigenvalue weighted by Crippen LogP contribution is 2.26. The fourth-order valence-electron chi connectivity index (χ4n) is 2.84. The molecule has 0 aliphatic heterocycles. The van der Waals surface area contributed by atoms with E-state index >= 15 is 0 Å². The fraction of sp³-hybridized carbons (Fsp3) is 0.0714. The van der Waals surface area contributed by atoms with E-state index in [9.17, 15) is 0 Å². The van der Waals surface area contributed by atoms with E-state index in [0.29, 0.717) is 34.8 Å². The van der Waals surface area contributed by atoms with Gasteiger partial charge in [0.1, 0.15) is 23.0 Å². The SMILES string of the molecule is C#CC(Oc1cccc(Oc2ccccn2)c1)OC(C#C)Oc1cccc(Oc2ccccn2)c1. The monoisotopic (exact) mass is 464 g/mol. The molecule has 0 saturated carbocycles. The van der Waals surface area contributed by atoms with Crippen LogP contribution in [0, 0.1) is 24.7 Å². The Kier molecular flexibility index (Phi) is 7.79. The number of aromatic nitrogens is 2. The van der Waals surface area contributed by atoms with Crippen molar-refractivity contribution in [1.29, 1.82) is 0 Å². The van der Waals surface area contributed by atoms with Gasteiger partial charge in [-0.25, -0.2) is 9.97 Å². The van der Waals surface area contributed by atoms with E-state index in [1.807, 2.05) is 12.1 Å². The standard InChI is InChI=1S/C28H20N2O5/c1-3-27(33-23-13-9-11-21(19-23)31-25-15-5-7-17-29-25)35-28(4-2)34-24-14-10-12-22(20-24)32-26-16-6-8-18-30-26/h1-2,5-20,27-28H. The summed E-state index contributed by atoms with van der Waals surface area (Å²) in [7, 11) is 0. The molecule has 7 nitrogen and oxygen atoms in total. The van der Waals surface area contributed by atoms with E-state index in [1.165, 1.54) is 0 Å². The van der Waals surface area contributed by atoms with Gasteiger partial charge in [-0.05, 0) is 48.2 Å². The molecule has 0 spiro atoms. The maximum absolute atomic E-state index is 5.75. The van der Waals surface area contributed by atoms with Gasteiger partial charge in [-0.15, -0.1) is 12.8 Å². The first-order valence-electron chi connectivity index (χ1n) is 10.5. The predicted octanol–water partition coefficient (Wildman–Crippen LogP) is 5.45. The molecular formula is C28H20N2O5. The van der Waals surface area contributed by atoms with Crippen molar-refractivity contribution in [3.8, 4) is 59.4 Å². The number of nitrogens with zero attached hydrogens (tertiary/aromatic N) is 2. The second kappa shape index (κ2) is 11.8. The third kappa shape index (κ3) is 7.00. The van der Waals surface area contributed by atoms with Crippen LogP contribution in [0.2, 0.25) is 0 Å². The number of rotatable bonds is 10. The van der Waals surface area contributed by atoms with Gasteiger partial charge >= 0.3 is 0 Å². The Bertz CT molecular complexity index is 1210. The fourth-order valence-corrected chi connectivity index (χ4v) is 2.84. The summed E-state index contributed by atoms with van der Waals surface area (Å²) in [6.45, 7) is 0. The van der Waals surface area contributed by atoms with Crippen LogP contribution in [0.25, 0.3) is 0 Å². The minimum Gasteiger partial charge on any atom is -0.453 e. The van der Waals surface area contributed by atoms with Crippen LogP contribution in [0.4, 0.5) is 0 Å². The zero-order valence-corrected chi connectivity index (χ0v) is 18.5. The Morgan fingerprint density at radius 2 is 1.03 bits per heavy atom. The molecule has 0 radical (unpaired) electrons. The van der Waals surface area contributed by atoms with E-state index in [1.54, 1.807) is 85.2 Å². The van der Waals surface area contributed by atoms with Crippen LogP contribution in [-0.4, -0.2) is 22.5 Å². The zero-order valence-electron chi connectivity index (χ0n) is 18.5. The van der Waals surface area contributed by atoms with Gasteiger partial charge in [0.15, 0.2) is 0 Å². The number of pyridine rings is 2. The molecule has 2 atom stereocenters. The molecule has 35 heavy (non-hydrogen) atoms. The van der Waals surface area contributed by atoms with Gasteiger partial charge in [-0.1, -0.05) is 24.3 Å².